The maximum Gasteiger partial charge on any atom is 0.255 e. The summed E-state index contributed by atoms with van der Waals surface area (Å²) in [5.41, 5.74) is 2.22. The zero-order chi connectivity index (χ0) is 15.7. The topological polar surface area (TPSA) is 78.5 Å². The van der Waals surface area contributed by atoms with Gasteiger partial charge in [0.2, 0.25) is 11.8 Å². The average Bonchev–Trinajstić information content (AvgIpc) is 2.83. The zero-order valence-electron chi connectivity index (χ0n) is 11.9. The molecule has 0 aromatic heterocycles. The summed E-state index contributed by atoms with van der Waals surface area (Å²) in [6.45, 7) is 0.706. The second kappa shape index (κ2) is 5.53. The van der Waals surface area contributed by atoms with Crippen LogP contribution < -0.4 is 10.6 Å². The second-order valence-corrected chi connectivity index (χ2v) is 5.29. The number of carbonyl (C=O) groups excluding carboxylic acids is 3. The van der Waals surface area contributed by atoms with Gasteiger partial charge in [-0.1, -0.05) is 12.0 Å². The lowest BCUT2D eigenvalue weighted by atomic mass is 10.0. The van der Waals surface area contributed by atoms with Gasteiger partial charge in [0.25, 0.3) is 5.91 Å². The van der Waals surface area contributed by atoms with E-state index in [4.69, 9.17) is 6.42 Å². The average molecular weight is 297 g/mol. The monoisotopic (exact) mass is 297 g/mol. The molecule has 0 radical (unpaired) electrons. The van der Waals surface area contributed by atoms with Crippen molar-refractivity contribution in [2.45, 2.75) is 25.4 Å². The van der Waals surface area contributed by atoms with Crippen molar-refractivity contribution in [1.29, 1.82) is 0 Å². The molecule has 1 aromatic carbocycles. The first-order valence-electron chi connectivity index (χ1n) is 7.05. The molecule has 0 bridgehead atoms. The number of hydrogen-bond acceptors (Lipinski definition) is 4. The zero-order valence-corrected chi connectivity index (χ0v) is 11.9. The van der Waals surface area contributed by atoms with Gasteiger partial charge in [-0.05, 0) is 18.6 Å². The highest BCUT2D eigenvalue weighted by Crippen LogP contribution is 2.32. The number of fused-ring (bicyclic) bond motifs is 1. The van der Waals surface area contributed by atoms with Gasteiger partial charge in [-0.15, -0.1) is 6.42 Å². The summed E-state index contributed by atoms with van der Waals surface area (Å²) in [4.78, 5) is 37.3. The van der Waals surface area contributed by atoms with Crippen molar-refractivity contribution < 1.29 is 14.4 Å². The Balaban J connectivity index is 1.86. The second-order valence-electron chi connectivity index (χ2n) is 5.29. The molecule has 2 aliphatic rings. The normalized spacial score (nSPS) is 20.4. The van der Waals surface area contributed by atoms with E-state index < -0.39 is 11.9 Å². The van der Waals surface area contributed by atoms with Crippen molar-refractivity contribution >= 4 is 23.4 Å². The number of terminal acetylenes is 1. The standard InChI is InChI=1S/C16H15N3O3/c1-2-8-17-12-5-3-4-10-11(12)9-19(16(10)22)13-6-7-14(20)18-15(13)21/h1,3-5,13,17H,6-9H2,(H,18,20,21). The van der Waals surface area contributed by atoms with E-state index in [1.54, 1.807) is 12.1 Å². The SMILES string of the molecule is C#CCNc1cccc2c1CN(C1CCC(=O)NC1=O)C2=O. The minimum Gasteiger partial charge on any atom is -0.374 e. The van der Waals surface area contributed by atoms with Gasteiger partial charge in [-0.25, -0.2) is 0 Å². The lowest BCUT2D eigenvalue weighted by Gasteiger charge is -2.29. The first-order chi connectivity index (χ1) is 10.6. The van der Waals surface area contributed by atoms with Gasteiger partial charge in [0.15, 0.2) is 0 Å². The van der Waals surface area contributed by atoms with E-state index in [9.17, 15) is 14.4 Å². The van der Waals surface area contributed by atoms with Crippen LogP contribution in [0.1, 0.15) is 28.8 Å². The Hall–Kier alpha value is -2.81. The molecule has 0 aliphatic carbocycles. The van der Waals surface area contributed by atoms with Crippen LogP contribution >= 0.6 is 0 Å². The highest BCUT2D eigenvalue weighted by atomic mass is 16.2. The lowest BCUT2D eigenvalue weighted by molar-refractivity contribution is -0.136. The Morgan fingerprint density at radius 1 is 1.36 bits per heavy atom. The van der Waals surface area contributed by atoms with Gasteiger partial charge in [0, 0.05) is 29.8 Å². The minimum absolute atomic E-state index is 0.186. The Bertz CT molecular complexity index is 705. The molecule has 1 atom stereocenters. The van der Waals surface area contributed by atoms with Gasteiger partial charge >= 0.3 is 0 Å². The molecule has 1 saturated heterocycles. The quantitative estimate of drug-likeness (QED) is 0.629. The van der Waals surface area contributed by atoms with E-state index in [0.717, 1.165) is 11.3 Å². The summed E-state index contributed by atoms with van der Waals surface area (Å²) < 4.78 is 0. The van der Waals surface area contributed by atoms with E-state index in [1.807, 2.05) is 6.07 Å². The van der Waals surface area contributed by atoms with E-state index >= 15 is 0 Å². The smallest absolute Gasteiger partial charge is 0.255 e. The van der Waals surface area contributed by atoms with Crippen LogP contribution in [0.3, 0.4) is 0 Å². The summed E-state index contributed by atoms with van der Waals surface area (Å²) in [6, 6.07) is 4.78. The molecule has 112 valence electrons. The number of benzene rings is 1. The molecule has 0 spiro atoms. The van der Waals surface area contributed by atoms with Gasteiger partial charge in [0.05, 0.1) is 6.54 Å². The molecule has 2 aliphatic heterocycles. The first-order valence-corrected chi connectivity index (χ1v) is 7.05. The maximum atomic E-state index is 12.5. The highest BCUT2D eigenvalue weighted by Gasteiger charge is 2.39. The van der Waals surface area contributed by atoms with Crippen molar-refractivity contribution in [2.75, 3.05) is 11.9 Å². The number of carbonyl (C=O) groups is 3. The van der Waals surface area contributed by atoms with E-state index in [2.05, 4.69) is 16.6 Å². The fraction of sp³-hybridized carbons (Fsp3) is 0.312. The van der Waals surface area contributed by atoms with Crippen LogP contribution in [0.25, 0.3) is 0 Å². The number of rotatable bonds is 3. The number of amides is 3. The summed E-state index contributed by atoms with van der Waals surface area (Å²) in [6.07, 6.45) is 5.86. The summed E-state index contributed by atoms with van der Waals surface area (Å²) >= 11 is 0. The molecule has 2 heterocycles. The molecule has 3 rings (SSSR count). The van der Waals surface area contributed by atoms with Crippen LogP contribution in [0.15, 0.2) is 18.2 Å². The molecule has 2 N–H and O–H groups in total. The molecule has 6 heteroatoms. The molecular formula is C16H15N3O3. The largest absolute Gasteiger partial charge is 0.374 e. The van der Waals surface area contributed by atoms with Crippen LogP contribution in [-0.4, -0.2) is 35.2 Å². The van der Waals surface area contributed by atoms with Crippen molar-refractivity contribution in [3.8, 4) is 12.3 Å². The molecule has 3 amide bonds. The maximum absolute atomic E-state index is 12.5. The minimum atomic E-state index is -0.599. The van der Waals surface area contributed by atoms with E-state index in [-0.39, 0.29) is 18.2 Å². The third-order valence-electron chi connectivity index (χ3n) is 3.96. The van der Waals surface area contributed by atoms with Crippen LogP contribution in [0.2, 0.25) is 0 Å². The van der Waals surface area contributed by atoms with E-state index in [1.165, 1.54) is 4.90 Å². The predicted molar refractivity (Wildman–Crippen MR) is 79.8 cm³/mol. The van der Waals surface area contributed by atoms with Gasteiger partial charge in [-0.2, -0.15) is 0 Å². The van der Waals surface area contributed by atoms with Gasteiger partial charge in [0.1, 0.15) is 6.04 Å². The van der Waals surface area contributed by atoms with Crippen molar-refractivity contribution in [2.24, 2.45) is 0 Å². The molecule has 1 unspecified atom stereocenters. The molecule has 1 fully saturated rings. The number of hydrogen-bond donors (Lipinski definition) is 2. The van der Waals surface area contributed by atoms with Crippen LogP contribution in [0.4, 0.5) is 5.69 Å². The predicted octanol–water partition coefficient (Wildman–Crippen LogP) is 0.493. The van der Waals surface area contributed by atoms with Crippen LogP contribution in [-0.2, 0) is 16.1 Å². The third kappa shape index (κ3) is 2.31. The number of piperidine rings is 1. The highest BCUT2D eigenvalue weighted by molar-refractivity contribution is 6.06. The molecule has 6 nitrogen and oxygen atoms in total. The Morgan fingerprint density at radius 3 is 2.91 bits per heavy atom. The van der Waals surface area contributed by atoms with Gasteiger partial charge in [-0.3, -0.25) is 19.7 Å². The Kier molecular flexibility index (Phi) is 3.55. The Morgan fingerprint density at radius 2 is 2.18 bits per heavy atom. The number of nitrogens with zero attached hydrogens (tertiary/aromatic N) is 1. The number of anilines is 1. The van der Waals surface area contributed by atoms with E-state index in [0.29, 0.717) is 25.1 Å². The van der Waals surface area contributed by atoms with Gasteiger partial charge < -0.3 is 10.2 Å². The molecule has 1 aromatic rings. The van der Waals surface area contributed by atoms with Crippen molar-refractivity contribution in [3.63, 3.8) is 0 Å². The summed E-state index contributed by atoms with van der Waals surface area (Å²) in [5.74, 6) is 1.61. The lowest BCUT2D eigenvalue weighted by Crippen LogP contribution is -2.52. The summed E-state index contributed by atoms with van der Waals surface area (Å²) in [7, 11) is 0. The fourth-order valence-electron chi connectivity index (χ4n) is 2.90. The molecule has 22 heavy (non-hydrogen) atoms. The van der Waals surface area contributed by atoms with Crippen molar-refractivity contribution in [3.05, 3.63) is 29.3 Å². The molecule has 0 saturated carbocycles. The Labute approximate surface area is 127 Å². The summed E-state index contributed by atoms with van der Waals surface area (Å²) in [5, 5.41) is 5.38. The number of imide groups is 1. The number of nitrogens with one attached hydrogen (secondary N) is 2. The molecular weight excluding hydrogens is 282 g/mol. The van der Waals surface area contributed by atoms with Crippen LogP contribution in [0.5, 0.6) is 0 Å². The fourth-order valence-corrected chi connectivity index (χ4v) is 2.90. The third-order valence-corrected chi connectivity index (χ3v) is 3.96. The van der Waals surface area contributed by atoms with Crippen LogP contribution in [0, 0.1) is 12.3 Å². The van der Waals surface area contributed by atoms with Crippen molar-refractivity contribution in [1.82, 2.24) is 10.2 Å². The first kappa shape index (κ1) is 14.1.